The van der Waals surface area contributed by atoms with Crippen molar-refractivity contribution in [3.63, 3.8) is 0 Å². The third-order valence-electron chi connectivity index (χ3n) is 1.67. The number of thioether (sulfide) groups is 1. The van der Waals surface area contributed by atoms with Crippen molar-refractivity contribution in [2.24, 2.45) is 0 Å². The molecule has 0 fully saturated rings. The lowest BCUT2D eigenvalue weighted by Crippen LogP contribution is -2.05. The van der Waals surface area contributed by atoms with Gasteiger partial charge in [-0.3, -0.25) is 0 Å². The van der Waals surface area contributed by atoms with Crippen molar-refractivity contribution >= 4 is 11.8 Å². The number of hydrogen-bond donors (Lipinski definition) is 0. The molecule has 1 aromatic rings. The van der Waals surface area contributed by atoms with Gasteiger partial charge in [-0.1, -0.05) is 6.92 Å². The molecule has 1 aromatic carbocycles. The van der Waals surface area contributed by atoms with Crippen LogP contribution in [0.25, 0.3) is 0 Å². The molecule has 0 saturated heterocycles. The van der Waals surface area contributed by atoms with Crippen LogP contribution in [0.4, 0.5) is 13.2 Å². The number of nitrogens with zero attached hydrogens (tertiary/aromatic N) is 1. The van der Waals surface area contributed by atoms with E-state index in [1.165, 1.54) is 17.8 Å². The molecule has 0 aliphatic heterocycles. The fraction of sp³-hybridized carbons (Fsp3) is 0.300. The average Bonchev–Trinajstić information content (AvgIpc) is 2.16. The van der Waals surface area contributed by atoms with Gasteiger partial charge < -0.3 is 0 Å². The topological polar surface area (TPSA) is 23.8 Å². The lowest BCUT2D eigenvalue weighted by atomic mass is 10.1. The molecular formula is C10H8F3NS. The number of rotatable bonds is 2. The highest BCUT2D eigenvalue weighted by Gasteiger charge is 2.31. The second-order valence-electron chi connectivity index (χ2n) is 2.79. The first-order valence-corrected chi connectivity index (χ1v) is 5.21. The Balaban J connectivity index is 3.19. The van der Waals surface area contributed by atoms with Crippen LogP contribution in [-0.2, 0) is 6.18 Å². The molecule has 0 saturated carbocycles. The third kappa shape index (κ3) is 3.17. The molecule has 0 N–H and O–H groups in total. The highest BCUT2D eigenvalue weighted by Crippen LogP contribution is 2.32. The maximum Gasteiger partial charge on any atom is 0.416 e. The number of halogens is 3. The molecule has 1 nitrogen and oxygen atoms in total. The first-order valence-electron chi connectivity index (χ1n) is 4.22. The number of nitriles is 1. The van der Waals surface area contributed by atoms with Gasteiger partial charge in [0.1, 0.15) is 0 Å². The van der Waals surface area contributed by atoms with Crippen LogP contribution >= 0.6 is 11.8 Å². The van der Waals surface area contributed by atoms with E-state index in [9.17, 15) is 13.2 Å². The van der Waals surface area contributed by atoms with E-state index in [1.54, 1.807) is 6.07 Å². The highest BCUT2D eigenvalue weighted by molar-refractivity contribution is 7.99. The van der Waals surface area contributed by atoms with Crippen LogP contribution in [0.2, 0.25) is 0 Å². The minimum atomic E-state index is -4.39. The van der Waals surface area contributed by atoms with E-state index in [4.69, 9.17) is 5.26 Å². The summed E-state index contributed by atoms with van der Waals surface area (Å²) in [6.45, 7) is 1.84. The molecule has 0 atom stereocenters. The molecule has 0 heterocycles. The SMILES string of the molecule is CCSc1cc(C#N)cc(C(F)(F)F)c1. The van der Waals surface area contributed by atoms with Crippen molar-refractivity contribution in [3.05, 3.63) is 29.3 Å². The molecule has 0 aromatic heterocycles. The van der Waals surface area contributed by atoms with Gasteiger partial charge in [-0.15, -0.1) is 11.8 Å². The smallest absolute Gasteiger partial charge is 0.192 e. The van der Waals surface area contributed by atoms with Gasteiger partial charge in [0.25, 0.3) is 0 Å². The van der Waals surface area contributed by atoms with Gasteiger partial charge in [-0.2, -0.15) is 18.4 Å². The van der Waals surface area contributed by atoms with E-state index >= 15 is 0 Å². The lowest BCUT2D eigenvalue weighted by Gasteiger charge is -2.08. The van der Waals surface area contributed by atoms with E-state index in [2.05, 4.69) is 0 Å². The number of benzene rings is 1. The highest BCUT2D eigenvalue weighted by atomic mass is 32.2. The molecule has 0 bridgehead atoms. The van der Waals surface area contributed by atoms with Gasteiger partial charge in [-0.25, -0.2) is 0 Å². The average molecular weight is 231 g/mol. The van der Waals surface area contributed by atoms with E-state index < -0.39 is 11.7 Å². The van der Waals surface area contributed by atoms with Crippen molar-refractivity contribution < 1.29 is 13.2 Å². The second-order valence-corrected chi connectivity index (χ2v) is 4.13. The Hall–Kier alpha value is -1.15. The second kappa shape index (κ2) is 4.58. The minimum absolute atomic E-state index is 0.0424. The lowest BCUT2D eigenvalue weighted by molar-refractivity contribution is -0.137. The fourth-order valence-electron chi connectivity index (χ4n) is 1.08. The molecular weight excluding hydrogens is 223 g/mol. The van der Waals surface area contributed by atoms with Crippen molar-refractivity contribution in [1.29, 1.82) is 5.26 Å². The van der Waals surface area contributed by atoms with Gasteiger partial charge in [0.15, 0.2) is 0 Å². The minimum Gasteiger partial charge on any atom is -0.192 e. The third-order valence-corrected chi connectivity index (χ3v) is 2.53. The quantitative estimate of drug-likeness (QED) is 0.725. The van der Waals surface area contributed by atoms with Crippen molar-refractivity contribution in [2.45, 2.75) is 18.0 Å². The van der Waals surface area contributed by atoms with Crippen molar-refractivity contribution in [3.8, 4) is 6.07 Å². The van der Waals surface area contributed by atoms with Gasteiger partial charge in [0, 0.05) is 4.90 Å². The number of hydrogen-bond acceptors (Lipinski definition) is 2. The molecule has 15 heavy (non-hydrogen) atoms. The first kappa shape index (κ1) is 11.9. The van der Waals surface area contributed by atoms with E-state index in [1.807, 2.05) is 6.92 Å². The summed E-state index contributed by atoms with van der Waals surface area (Å²) in [6.07, 6.45) is -4.39. The number of alkyl halides is 3. The molecule has 0 amide bonds. The van der Waals surface area contributed by atoms with Crippen molar-refractivity contribution in [2.75, 3.05) is 5.75 Å². The van der Waals surface area contributed by atoms with E-state index in [0.29, 0.717) is 10.6 Å². The van der Waals surface area contributed by atoms with Gasteiger partial charge >= 0.3 is 6.18 Å². The molecule has 1 rings (SSSR count). The zero-order valence-electron chi connectivity index (χ0n) is 7.93. The Morgan fingerprint density at radius 1 is 1.33 bits per heavy atom. The molecule has 0 aliphatic rings. The van der Waals surface area contributed by atoms with Crippen LogP contribution in [0.3, 0.4) is 0 Å². The predicted octanol–water partition coefficient (Wildman–Crippen LogP) is 3.69. The Morgan fingerprint density at radius 3 is 2.47 bits per heavy atom. The molecule has 5 heteroatoms. The predicted molar refractivity (Wildman–Crippen MR) is 52.6 cm³/mol. The standard InChI is InChI=1S/C10H8F3NS/c1-2-15-9-4-7(6-14)3-8(5-9)10(11,12)13/h3-5H,2H2,1H3. The Morgan fingerprint density at radius 2 is 2.00 bits per heavy atom. The van der Waals surface area contributed by atoms with Gasteiger partial charge in [-0.05, 0) is 24.0 Å². The Kier molecular flexibility index (Phi) is 3.64. The molecule has 0 aliphatic carbocycles. The van der Waals surface area contributed by atoms with Gasteiger partial charge in [0.2, 0.25) is 0 Å². The molecule has 0 spiro atoms. The van der Waals surface area contributed by atoms with Crippen LogP contribution in [0.15, 0.2) is 23.1 Å². The fourth-order valence-corrected chi connectivity index (χ4v) is 1.83. The van der Waals surface area contributed by atoms with Crippen LogP contribution in [0.5, 0.6) is 0 Å². The first-order chi connectivity index (χ1) is 6.97. The summed E-state index contributed by atoms with van der Waals surface area (Å²) in [5.74, 6) is 0.673. The molecule has 0 radical (unpaired) electrons. The summed E-state index contributed by atoms with van der Waals surface area (Å²) in [6, 6.07) is 5.11. The summed E-state index contributed by atoms with van der Waals surface area (Å²) in [7, 11) is 0. The maximum atomic E-state index is 12.4. The van der Waals surface area contributed by atoms with Crippen LogP contribution < -0.4 is 0 Å². The van der Waals surface area contributed by atoms with Crippen LogP contribution in [-0.4, -0.2) is 5.75 Å². The summed E-state index contributed by atoms with van der Waals surface area (Å²) >= 11 is 1.28. The summed E-state index contributed by atoms with van der Waals surface area (Å²) < 4.78 is 37.2. The maximum absolute atomic E-state index is 12.4. The zero-order valence-corrected chi connectivity index (χ0v) is 8.75. The van der Waals surface area contributed by atoms with Crippen LogP contribution in [0, 0.1) is 11.3 Å². The Bertz CT molecular complexity index is 393. The Labute approximate surface area is 89.9 Å². The van der Waals surface area contributed by atoms with E-state index in [-0.39, 0.29) is 5.56 Å². The van der Waals surface area contributed by atoms with E-state index in [0.717, 1.165) is 12.1 Å². The van der Waals surface area contributed by atoms with Gasteiger partial charge in [0.05, 0.1) is 17.2 Å². The van der Waals surface area contributed by atoms with Crippen LogP contribution in [0.1, 0.15) is 18.1 Å². The normalized spacial score (nSPS) is 11.1. The summed E-state index contributed by atoms with van der Waals surface area (Å²) in [5, 5.41) is 8.59. The summed E-state index contributed by atoms with van der Waals surface area (Å²) in [5.41, 5.74) is -0.724. The molecule has 0 unspecified atom stereocenters. The monoisotopic (exact) mass is 231 g/mol. The largest absolute Gasteiger partial charge is 0.416 e. The molecule has 80 valence electrons. The zero-order chi connectivity index (χ0) is 11.5. The summed E-state index contributed by atoms with van der Waals surface area (Å²) in [4.78, 5) is 0.476. The van der Waals surface area contributed by atoms with Crippen molar-refractivity contribution in [1.82, 2.24) is 0 Å².